The van der Waals surface area contributed by atoms with Crippen molar-refractivity contribution in [1.82, 2.24) is 19.9 Å². The summed E-state index contributed by atoms with van der Waals surface area (Å²) >= 11 is 13.2. The van der Waals surface area contributed by atoms with Crippen molar-refractivity contribution in [3.63, 3.8) is 0 Å². The van der Waals surface area contributed by atoms with Gasteiger partial charge in [-0.1, -0.05) is 29.8 Å². The molecule has 31 heavy (non-hydrogen) atoms. The number of aromatic nitrogens is 3. The van der Waals surface area contributed by atoms with Crippen LogP contribution in [0.15, 0.2) is 24.9 Å². The van der Waals surface area contributed by atoms with E-state index in [2.05, 4.69) is 26.4 Å². The fraction of sp³-hybridized carbons (Fsp3) is 0.391. The molecule has 0 bridgehead atoms. The van der Waals surface area contributed by atoms with Gasteiger partial charge in [0.2, 0.25) is 0 Å². The van der Waals surface area contributed by atoms with E-state index in [4.69, 9.17) is 27.9 Å². The number of halogens is 3. The number of nitrogens with one attached hydrogen (secondary N) is 1. The summed E-state index contributed by atoms with van der Waals surface area (Å²) in [6, 6.07) is 3.80. The zero-order valence-corrected chi connectivity index (χ0v) is 19.4. The lowest BCUT2D eigenvalue weighted by molar-refractivity contribution is 0.0639. The Bertz CT molecular complexity index is 1150. The third kappa shape index (κ3) is 4.43. The summed E-state index contributed by atoms with van der Waals surface area (Å²) in [6.45, 7) is 11.9. The molecule has 0 aliphatic carbocycles. The normalized spacial score (nSPS) is 15.0. The van der Waals surface area contributed by atoms with E-state index in [9.17, 15) is 4.39 Å². The van der Waals surface area contributed by atoms with Gasteiger partial charge in [-0.2, -0.15) is 0 Å². The molecule has 4 rings (SSSR count). The van der Waals surface area contributed by atoms with Gasteiger partial charge in [0.1, 0.15) is 17.0 Å². The summed E-state index contributed by atoms with van der Waals surface area (Å²) in [4.78, 5) is 14.3. The van der Waals surface area contributed by atoms with E-state index in [0.29, 0.717) is 46.7 Å². The summed E-state index contributed by atoms with van der Waals surface area (Å²) in [7, 11) is 0. The molecular formula is C23H25Cl2FN4O. The molecule has 1 saturated heterocycles. The first-order chi connectivity index (χ1) is 14.6. The van der Waals surface area contributed by atoms with Crippen LogP contribution in [0.1, 0.15) is 42.1 Å². The minimum atomic E-state index is -1.52. The molecule has 0 unspecified atom stereocenters. The first-order valence-corrected chi connectivity index (χ1v) is 10.9. The van der Waals surface area contributed by atoms with E-state index < -0.39 is 5.67 Å². The van der Waals surface area contributed by atoms with E-state index >= 15 is 0 Å². The molecule has 3 aromatic heterocycles. The molecule has 0 saturated carbocycles. The van der Waals surface area contributed by atoms with Crippen LogP contribution in [0.3, 0.4) is 0 Å². The lowest BCUT2D eigenvalue weighted by atomic mass is 10.0. The molecular weight excluding hydrogens is 438 g/mol. The van der Waals surface area contributed by atoms with Gasteiger partial charge in [0.05, 0.1) is 34.6 Å². The van der Waals surface area contributed by atoms with E-state index in [1.165, 1.54) is 13.8 Å². The van der Waals surface area contributed by atoms with Crippen molar-refractivity contribution in [3.05, 3.63) is 63.2 Å². The highest BCUT2D eigenvalue weighted by Gasteiger charge is 2.23. The molecule has 0 spiro atoms. The number of aryl methyl sites for hydroxylation is 1. The number of H-pyrrole nitrogens is 1. The maximum absolute atomic E-state index is 14.4. The van der Waals surface area contributed by atoms with Gasteiger partial charge in [0.15, 0.2) is 0 Å². The minimum absolute atomic E-state index is 0.398. The Morgan fingerprint density at radius 1 is 1.29 bits per heavy atom. The Balaban J connectivity index is 1.68. The SMILES string of the molecule is C=C(c1ncc(Cl)c(Cc2cc3c(C)cc(C(C)(C)F)nc3[nH]2)c1Cl)N1CCOCC1. The molecule has 4 heterocycles. The quantitative estimate of drug-likeness (QED) is 0.530. The summed E-state index contributed by atoms with van der Waals surface area (Å²) in [5.41, 5.74) is 3.52. The predicted octanol–water partition coefficient (Wildman–Crippen LogP) is 5.67. The molecule has 1 fully saturated rings. The van der Waals surface area contributed by atoms with Crippen molar-refractivity contribution < 1.29 is 9.13 Å². The lowest BCUT2D eigenvalue weighted by Gasteiger charge is -2.30. The first-order valence-electron chi connectivity index (χ1n) is 10.2. The number of fused-ring (bicyclic) bond motifs is 1. The molecule has 0 atom stereocenters. The van der Waals surface area contributed by atoms with Crippen molar-refractivity contribution in [2.24, 2.45) is 0 Å². The van der Waals surface area contributed by atoms with E-state index in [-0.39, 0.29) is 0 Å². The monoisotopic (exact) mass is 462 g/mol. The zero-order valence-electron chi connectivity index (χ0n) is 17.9. The van der Waals surface area contributed by atoms with Gasteiger partial charge >= 0.3 is 0 Å². The third-order valence-corrected chi connectivity index (χ3v) is 6.31. The maximum Gasteiger partial charge on any atom is 0.147 e. The van der Waals surface area contributed by atoms with Crippen LogP contribution in [0, 0.1) is 6.92 Å². The van der Waals surface area contributed by atoms with Gasteiger partial charge < -0.3 is 14.6 Å². The Morgan fingerprint density at radius 3 is 2.68 bits per heavy atom. The summed E-state index contributed by atoms with van der Waals surface area (Å²) in [5, 5.41) is 1.91. The van der Waals surface area contributed by atoms with E-state index in [0.717, 1.165) is 41.0 Å². The Hall–Kier alpha value is -2.15. The smallest absolute Gasteiger partial charge is 0.147 e. The van der Waals surface area contributed by atoms with Crippen LogP contribution < -0.4 is 0 Å². The number of morpholine rings is 1. The average molecular weight is 463 g/mol. The molecule has 0 amide bonds. The molecule has 3 aromatic rings. The maximum atomic E-state index is 14.4. The predicted molar refractivity (Wildman–Crippen MR) is 123 cm³/mol. The molecule has 1 N–H and O–H groups in total. The number of aromatic amines is 1. The number of hydrogen-bond acceptors (Lipinski definition) is 4. The van der Waals surface area contributed by atoms with E-state index in [1.54, 1.807) is 12.3 Å². The van der Waals surface area contributed by atoms with Crippen molar-refractivity contribution in [3.8, 4) is 0 Å². The summed E-state index contributed by atoms with van der Waals surface area (Å²) < 4.78 is 19.8. The Morgan fingerprint density at radius 2 is 2.00 bits per heavy atom. The summed E-state index contributed by atoms with van der Waals surface area (Å²) in [6.07, 6.45) is 2.08. The molecule has 8 heteroatoms. The molecule has 1 aliphatic heterocycles. The highest BCUT2D eigenvalue weighted by atomic mass is 35.5. The lowest BCUT2D eigenvalue weighted by Crippen LogP contribution is -2.35. The third-order valence-electron chi connectivity index (χ3n) is 5.57. The topological polar surface area (TPSA) is 54.0 Å². The van der Waals surface area contributed by atoms with Crippen molar-refractivity contribution in [2.75, 3.05) is 26.3 Å². The first kappa shape index (κ1) is 22.1. The Kier molecular flexibility index (Phi) is 5.99. The van der Waals surface area contributed by atoms with Crippen LogP contribution in [-0.4, -0.2) is 46.2 Å². The van der Waals surface area contributed by atoms with Crippen LogP contribution in [-0.2, 0) is 16.8 Å². The van der Waals surface area contributed by atoms with Crippen molar-refractivity contribution in [2.45, 2.75) is 32.9 Å². The second kappa shape index (κ2) is 8.41. The fourth-order valence-corrected chi connectivity index (χ4v) is 4.35. The number of rotatable bonds is 5. The molecule has 0 radical (unpaired) electrons. The number of nitrogens with zero attached hydrogens (tertiary/aromatic N) is 3. The summed E-state index contributed by atoms with van der Waals surface area (Å²) in [5.74, 6) is 0. The van der Waals surface area contributed by atoms with Gasteiger partial charge in [-0.3, -0.25) is 4.98 Å². The largest absolute Gasteiger partial charge is 0.378 e. The van der Waals surface area contributed by atoms with Crippen LogP contribution in [0.2, 0.25) is 10.0 Å². The highest BCUT2D eigenvalue weighted by Crippen LogP contribution is 2.34. The van der Waals surface area contributed by atoms with Gasteiger partial charge in [-0.15, -0.1) is 0 Å². The van der Waals surface area contributed by atoms with Gasteiger partial charge in [0.25, 0.3) is 0 Å². The van der Waals surface area contributed by atoms with Crippen LogP contribution in [0.4, 0.5) is 4.39 Å². The molecule has 164 valence electrons. The van der Waals surface area contributed by atoms with Gasteiger partial charge in [0, 0.05) is 36.8 Å². The van der Waals surface area contributed by atoms with E-state index in [1.807, 2.05) is 13.0 Å². The number of pyridine rings is 2. The zero-order chi connectivity index (χ0) is 22.3. The number of hydrogen-bond donors (Lipinski definition) is 1. The van der Waals surface area contributed by atoms with Crippen molar-refractivity contribution >= 4 is 39.9 Å². The number of ether oxygens (including phenoxy) is 1. The van der Waals surface area contributed by atoms with Crippen LogP contribution in [0.5, 0.6) is 0 Å². The molecule has 5 nitrogen and oxygen atoms in total. The van der Waals surface area contributed by atoms with Gasteiger partial charge in [-0.05, 0) is 44.0 Å². The molecule has 0 aromatic carbocycles. The minimum Gasteiger partial charge on any atom is -0.378 e. The molecule has 1 aliphatic rings. The standard InChI is InChI=1S/C23H25Cl2FN4O/c1-13-9-19(23(3,4)26)29-22-16(13)10-15(28-22)11-17-18(24)12-27-21(20(17)25)14(2)30-5-7-31-8-6-30/h9-10,12H,2,5-8,11H2,1,3-4H3,(H,28,29). The van der Waals surface area contributed by atoms with Crippen LogP contribution in [0.25, 0.3) is 16.7 Å². The van der Waals surface area contributed by atoms with Gasteiger partial charge in [-0.25, -0.2) is 9.37 Å². The van der Waals surface area contributed by atoms with Crippen LogP contribution >= 0.6 is 23.2 Å². The second-order valence-electron chi connectivity index (χ2n) is 8.32. The average Bonchev–Trinajstić information content (AvgIpc) is 3.14. The highest BCUT2D eigenvalue weighted by molar-refractivity contribution is 6.36. The Labute approximate surface area is 191 Å². The fourth-order valence-electron chi connectivity index (χ4n) is 3.76. The second-order valence-corrected chi connectivity index (χ2v) is 9.11. The van der Waals surface area contributed by atoms with Crippen molar-refractivity contribution in [1.29, 1.82) is 0 Å². The number of alkyl halides is 1.